The summed E-state index contributed by atoms with van der Waals surface area (Å²) in [5.74, 6) is 0.129. The van der Waals surface area contributed by atoms with Gasteiger partial charge in [-0.05, 0) is 25.7 Å². The molecule has 2 rings (SSSR count). The van der Waals surface area contributed by atoms with Gasteiger partial charge in [0.05, 0.1) is 0 Å². The molecule has 0 bridgehead atoms. The number of hydrogen-bond acceptors (Lipinski definition) is 4. The highest BCUT2D eigenvalue weighted by atomic mass is 19.4. The van der Waals surface area contributed by atoms with Crippen LogP contribution >= 0.6 is 0 Å². The van der Waals surface area contributed by atoms with Crippen LogP contribution in [0.5, 0.6) is 0 Å². The summed E-state index contributed by atoms with van der Waals surface area (Å²) in [6, 6.07) is 1.51. The van der Waals surface area contributed by atoms with Gasteiger partial charge in [-0.25, -0.2) is 9.97 Å². The topological polar surface area (TPSA) is 49.8 Å². The Morgan fingerprint density at radius 3 is 2.40 bits per heavy atom. The fourth-order valence-corrected chi connectivity index (χ4v) is 1.95. The molecule has 7 heteroatoms. The van der Waals surface area contributed by atoms with Gasteiger partial charge in [0.1, 0.15) is 11.6 Å². The summed E-state index contributed by atoms with van der Waals surface area (Å²) >= 11 is 0. The zero-order chi connectivity index (χ0) is 14.6. The van der Waals surface area contributed by atoms with Gasteiger partial charge in [-0.2, -0.15) is 13.2 Å². The molecule has 1 saturated carbocycles. The van der Waals surface area contributed by atoms with Gasteiger partial charge in [0, 0.05) is 19.2 Å². The monoisotopic (exact) mass is 288 g/mol. The number of halogens is 3. The van der Waals surface area contributed by atoms with Crippen LogP contribution in [0.2, 0.25) is 0 Å². The molecule has 20 heavy (non-hydrogen) atoms. The molecule has 0 unspecified atom stereocenters. The molecule has 1 fully saturated rings. The fourth-order valence-electron chi connectivity index (χ4n) is 1.95. The van der Waals surface area contributed by atoms with Crippen LogP contribution in [0.1, 0.15) is 38.4 Å². The molecule has 0 spiro atoms. The van der Waals surface area contributed by atoms with Gasteiger partial charge in [0.25, 0.3) is 0 Å². The lowest BCUT2D eigenvalue weighted by Gasteiger charge is -2.12. The van der Waals surface area contributed by atoms with Crippen molar-refractivity contribution in [2.45, 2.75) is 38.8 Å². The lowest BCUT2D eigenvalue weighted by atomic mass is 10.2. The lowest BCUT2D eigenvalue weighted by Crippen LogP contribution is -2.15. The van der Waals surface area contributed by atoms with Gasteiger partial charge in [-0.15, -0.1) is 0 Å². The molecule has 0 aliphatic heterocycles. The summed E-state index contributed by atoms with van der Waals surface area (Å²) < 4.78 is 38.1. The molecular weight excluding hydrogens is 269 g/mol. The molecule has 0 radical (unpaired) electrons. The van der Waals surface area contributed by atoms with Crippen LogP contribution in [0.15, 0.2) is 6.07 Å². The highest BCUT2D eigenvalue weighted by Gasteiger charge is 2.35. The van der Waals surface area contributed by atoms with Crippen LogP contribution in [0, 0.1) is 5.92 Å². The maximum absolute atomic E-state index is 12.7. The average Bonchev–Trinajstić information content (AvgIpc) is 3.18. The number of nitrogens with zero attached hydrogens (tertiary/aromatic N) is 2. The van der Waals surface area contributed by atoms with E-state index in [4.69, 9.17) is 0 Å². The standard InChI is InChI=1S/C13H19F3N4/c1-2-17-10-8-11(18-7-3-4-9-5-6-9)20-12(19-10)13(14,15)16/h8-9H,2-7H2,1H3,(H2,17,18,19,20). The van der Waals surface area contributed by atoms with Crippen molar-refractivity contribution >= 4 is 11.6 Å². The molecule has 1 aliphatic carbocycles. The third-order valence-corrected chi connectivity index (χ3v) is 3.13. The van der Waals surface area contributed by atoms with Gasteiger partial charge < -0.3 is 10.6 Å². The molecule has 1 aromatic rings. The lowest BCUT2D eigenvalue weighted by molar-refractivity contribution is -0.144. The minimum atomic E-state index is -4.53. The van der Waals surface area contributed by atoms with E-state index in [1.165, 1.54) is 18.9 Å². The molecule has 4 nitrogen and oxygen atoms in total. The van der Waals surface area contributed by atoms with Crippen LogP contribution in [-0.4, -0.2) is 23.1 Å². The van der Waals surface area contributed by atoms with E-state index in [0.717, 1.165) is 18.8 Å². The van der Waals surface area contributed by atoms with Crippen molar-refractivity contribution in [1.29, 1.82) is 0 Å². The summed E-state index contributed by atoms with van der Waals surface area (Å²) in [6.07, 6.45) is 0.124. The Bertz CT molecular complexity index is 444. The molecule has 0 aromatic carbocycles. The second-order valence-electron chi connectivity index (χ2n) is 5.00. The molecule has 1 aromatic heterocycles. The first-order chi connectivity index (χ1) is 9.49. The predicted octanol–water partition coefficient (Wildman–Crippen LogP) is 3.53. The van der Waals surface area contributed by atoms with Crippen molar-refractivity contribution in [1.82, 2.24) is 9.97 Å². The number of anilines is 2. The zero-order valence-corrected chi connectivity index (χ0v) is 11.4. The summed E-state index contributed by atoms with van der Waals surface area (Å²) in [6.45, 7) is 2.95. The Morgan fingerprint density at radius 2 is 1.85 bits per heavy atom. The number of alkyl halides is 3. The molecule has 1 heterocycles. The van der Waals surface area contributed by atoms with Crippen LogP contribution in [0.4, 0.5) is 24.8 Å². The number of rotatable bonds is 7. The van der Waals surface area contributed by atoms with E-state index >= 15 is 0 Å². The van der Waals surface area contributed by atoms with Gasteiger partial charge in [-0.3, -0.25) is 0 Å². The molecule has 2 N–H and O–H groups in total. The Balaban J connectivity index is 1.99. The van der Waals surface area contributed by atoms with Crippen molar-refractivity contribution in [3.8, 4) is 0 Å². The van der Waals surface area contributed by atoms with E-state index in [9.17, 15) is 13.2 Å². The zero-order valence-electron chi connectivity index (χ0n) is 11.4. The van der Waals surface area contributed by atoms with Gasteiger partial charge in [0.2, 0.25) is 5.82 Å². The Morgan fingerprint density at radius 1 is 1.20 bits per heavy atom. The van der Waals surface area contributed by atoms with Crippen LogP contribution in [-0.2, 0) is 6.18 Å². The third kappa shape index (κ3) is 4.54. The average molecular weight is 288 g/mol. The normalized spacial score (nSPS) is 15.2. The highest BCUT2D eigenvalue weighted by Crippen LogP contribution is 2.33. The second kappa shape index (κ2) is 6.28. The molecular formula is C13H19F3N4. The van der Waals surface area contributed by atoms with Crippen LogP contribution in [0.25, 0.3) is 0 Å². The number of nitrogens with one attached hydrogen (secondary N) is 2. The molecule has 0 amide bonds. The molecule has 1 aliphatic rings. The largest absolute Gasteiger partial charge is 0.451 e. The van der Waals surface area contributed by atoms with E-state index in [1.807, 2.05) is 0 Å². The van der Waals surface area contributed by atoms with Gasteiger partial charge in [-0.1, -0.05) is 12.8 Å². The molecule has 112 valence electrons. The second-order valence-corrected chi connectivity index (χ2v) is 5.00. The first-order valence-electron chi connectivity index (χ1n) is 6.93. The Labute approximate surface area is 116 Å². The van der Waals surface area contributed by atoms with Crippen molar-refractivity contribution in [2.24, 2.45) is 5.92 Å². The fraction of sp³-hybridized carbons (Fsp3) is 0.692. The van der Waals surface area contributed by atoms with Gasteiger partial charge >= 0.3 is 6.18 Å². The highest BCUT2D eigenvalue weighted by molar-refractivity contribution is 5.47. The predicted molar refractivity (Wildman–Crippen MR) is 71.6 cm³/mol. The smallest absolute Gasteiger partial charge is 0.370 e. The third-order valence-electron chi connectivity index (χ3n) is 3.13. The SMILES string of the molecule is CCNc1cc(NCCCC2CC2)nc(C(F)(F)F)n1. The van der Waals surface area contributed by atoms with E-state index in [1.54, 1.807) is 6.92 Å². The van der Waals surface area contributed by atoms with Crippen molar-refractivity contribution in [3.63, 3.8) is 0 Å². The summed E-state index contributed by atoms with van der Waals surface area (Å²) in [5, 5.41) is 5.74. The Kier molecular flexibility index (Phi) is 4.67. The first-order valence-corrected chi connectivity index (χ1v) is 6.93. The van der Waals surface area contributed by atoms with Crippen LogP contribution in [0.3, 0.4) is 0 Å². The van der Waals surface area contributed by atoms with Crippen molar-refractivity contribution in [3.05, 3.63) is 11.9 Å². The molecule has 0 atom stereocenters. The van der Waals surface area contributed by atoms with Gasteiger partial charge in [0.15, 0.2) is 0 Å². The summed E-state index contributed by atoms with van der Waals surface area (Å²) in [5.41, 5.74) is 0. The van der Waals surface area contributed by atoms with E-state index in [0.29, 0.717) is 13.1 Å². The van der Waals surface area contributed by atoms with E-state index in [-0.39, 0.29) is 11.6 Å². The maximum atomic E-state index is 12.7. The Hall–Kier alpha value is -1.53. The quantitative estimate of drug-likeness (QED) is 0.754. The maximum Gasteiger partial charge on any atom is 0.451 e. The minimum absolute atomic E-state index is 0.194. The first kappa shape index (κ1) is 14.9. The van der Waals surface area contributed by atoms with E-state index < -0.39 is 12.0 Å². The van der Waals surface area contributed by atoms with E-state index in [2.05, 4.69) is 20.6 Å². The summed E-state index contributed by atoms with van der Waals surface area (Å²) in [4.78, 5) is 7.01. The van der Waals surface area contributed by atoms with Crippen molar-refractivity contribution < 1.29 is 13.2 Å². The molecule has 0 saturated heterocycles. The number of aromatic nitrogens is 2. The van der Waals surface area contributed by atoms with Crippen LogP contribution < -0.4 is 10.6 Å². The minimum Gasteiger partial charge on any atom is -0.370 e. The number of hydrogen-bond donors (Lipinski definition) is 2. The summed E-state index contributed by atoms with van der Waals surface area (Å²) in [7, 11) is 0. The van der Waals surface area contributed by atoms with Crippen molar-refractivity contribution in [2.75, 3.05) is 23.7 Å².